The average molecular weight is 300 g/mol. The summed E-state index contributed by atoms with van der Waals surface area (Å²) in [7, 11) is 1.76. The Morgan fingerprint density at radius 2 is 2.24 bits per heavy atom. The van der Waals surface area contributed by atoms with E-state index in [1.54, 1.807) is 11.9 Å². The lowest BCUT2D eigenvalue weighted by Crippen LogP contribution is -2.29. The zero-order valence-corrected chi connectivity index (χ0v) is 11.9. The quantitative estimate of drug-likeness (QED) is 0.833. The van der Waals surface area contributed by atoms with Gasteiger partial charge in [0.15, 0.2) is 0 Å². The summed E-state index contributed by atoms with van der Waals surface area (Å²) < 4.78 is 6.10. The van der Waals surface area contributed by atoms with Gasteiger partial charge in [0, 0.05) is 18.1 Å². The molecule has 0 saturated heterocycles. The molecule has 0 radical (unpaired) electrons. The number of hydrogen-bond acceptors (Lipinski definition) is 2. The van der Waals surface area contributed by atoms with E-state index in [1.807, 2.05) is 19.1 Å². The fourth-order valence-corrected chi connectivity index (χ4v) is 1.83. The van der Waals surface area contributed by atoms with Gasteiger partial charge in [-0.25, -0.2) is 4.79 Å². The number of carbonyl (C=O) groups is 1. The first-order chi connectivity index (χ1) is 8.13. The molecule has 0 aliphatic rings. The Morgan fingerprint density at radius 3 is 2.88 bits per heavy atom. The van der Waals surface area contributed by atoms with Crippen molar-refractivity contribution >= 4 is 22.0 Å². The summed E-state index contributed by atoms with van der Waals surface area (Å²) in [5.74, 6) is 0. The standard InChI is InChI=1S/C13H18BrNO2/c1-3-9-17-13(16)15(2)8-7-11-5-4-6-12(14)10-11/h4-6,10H,3,7-9H2,1-2H3. The Bertz CT molecular complexity index is 368. The van der Waals surface area contributed by atoms with Crippen molar-refractivity contribution in [3.05, 3.63) is 34.3 Å². The van der Waals surface area contributed by atoms with Crippen LogP contribution in [-0.2, 0) is 11.2 Å². The van der Waals surface area contributed by atoms with Gasteiger partial charge in [-0.1, -0.05) is 35.0 Å². The second-order valence-electron chi connectivity index (χ2n) is 3.92. The van der Waals surface area contributed by atoms with E-state index in [0.29, 0.717) is 13.2 Å². The highest BCUT2D eigenvalue weighted by atomic mass is 79.9. The van der Waals surface area contributed by atoms with Gasteiger partial charge in [-0.05, 0) is 30.5 Å². The van der Waals surface area contributed by atoms with Crippen molar-refractivity contribution < 1.29 is 9.53 Å². The Balaban J connectivity index is 2.37. The van der Waals surface area contributed by atoms with E-state index in [9.17, 15) is 4.79 Å². The second-order valence-corrected chi connectivity index (χ2v) is 4.83. The Kier molecular flexibility index (Phi) is 6.05. The summed E-state index contributed by atoms with van der Waals surface area (Å²) >= 11 is 3.43. The van der Waals surface area contributed by atoms with Gasteiger partial charge in [-0.15, -0.1) is 0 Å². The second kappa shape index (κ2) is 7.33. The van der Waals surface area contributed by atoms with E-state index in [-0.39, 0.29) is 6.09 Å². The van der Waals surface area contributed by atoms with Gasteiger partial charge in [0.25, 0.3) is 0 Å². The molecule has 0 fully saturated rings. The zero-order chi connectivity index (χ0) is 12.7. The third-order valence-corrected chi connectivity index (χ3v) is 2.86. The molecule has 0 atom stereocenters. The Morgan fingerprint density at radius 1 is 1.47 bits per heavy atom. The summed E-state index contributed by atoms with van der Waals surface area (Å²) in [4.78, 5) is 13.1. The molecule has 1 aromatic rings. The summed E-state index contributed by atoms with van der Waals surface area (Å²) in [6.45, 7) is 3.13. The summed E-state index contributed by atoms with van der Waals surface area (Å²) in [5.41, 5.74) is 1.20. The monoisotopic (exact) mass is 299 g/mol. The van der Waals surface area contributed by atoms with E-state index < -0.39 is 0 Å². The molecule has 1 amide bonds. The number of hydrogen-bond donors (Lipinski definition) is 0. The smallest absolute Gasteiger partial charge is 0.409 e. The molecule has 3 nitrogen and oxygen atoms in total. The van der Waals surface area contributed by atoms with E-state index in [0.717, 1.165) is 17.3 Å². The van der Waals surface area contributed by atoms with Crippen LogP contribution in [0.3, 0.4) is 0 Å². The predicted molar refractivity (Wildman–Crippen MR) is 72.1 cm³/mol. The molecule has 0 unspecified atom stereocenters. The third kappa shape index (κ3) is 5.22. The highest BCUT2D eigenvalue weighted by Crippen LogP contribution is 2.12. The first kappa shape index (κ1) is 14.0. The van der Waals surface area contributed by atoms with Crippen LogP contribution in [0.15, 0.2) is 28.7 Å². The summed E-state index contributed by atoms with van der Waals surface area (Å²) in [6, 6.07) is 8.10. The molecule has 4 heteroatoms. The fourth-order valence-electron chi connectivity index (χ4n) is 1.38. The van der Waals surface area contributed by atoms with E-state index >= 15 is 0 Å². The number of ether oxygens (including phenoxy) is 1. The summed E-state index contributed by atoms with van der Waals surface area (Å²) in [5, 5.41) is 0. The first-order valence-electron chi connectivity index (χ1n) is 5.75. The molecule has 0 spiro atoms. The largest absolute Gasteiger partial charge is 0.449 e. The van der Waals surface area contributed by atoms with Crippen molar-refractivity contribution in [2.45, 2.75) is 19.8 Å². The van der Waals surface area contributed by atoms with Crippen LogP contribution in [0.4, 0.5) is 4.79 Å². The molecule has 0 N–H and O–H groups in total. The van der Waals surface area contributed by atoms with Crippen molar-refractivity contribution in [1.82, 2.24) is 4.90 Å². The lowest BCUT2D eigenvalue weighted by Gasteiger charge is -2.16. The minimum absolute atomic E-state index is 0.248. The maximum absolute atomic E-state index is 11.5. The van der Waals surface area contributed by atoms with Crippen LogP contribution in [0, 0.1) is 0 Å². The van der Waals surface area contributed by atoms with E-state index in [2.05, 4.69) is 28.1 Å². The van der Waals surface area contributed by atoms with Crippen LogP contribution in [0.25, 0.3) is 0 Å². The van der Waals surface area contributed by atoms with E-state index in [1.165, 1.54) is 5.56 Å². The van der Waals surface area contributed by atoms with Crippen molar-refractivity contribution in [1.29, 1.82) is 0 Å². The molecule has 1 aromatic carbocycles. The lowest BCUT2D eigenvalue weighted by atomic mass is 10.1. The molecule has 1 rings (SSSR count). The van der Waals surface area contributed by atoms with Crippen LogP contribution < -0.4 is 0 Å². The molecular weight excluding hydrogens is 282 g/mol. The fraction of sp³-hybridized carbons (Fsp3) is 0.462. The van der Waals surface area contributed by atoms with Crippen molar-refractivity contribution in [3.8, 4) is 0 Å². The molecular formula is C13H18BrNO2. The SMILES string of the molecule is CCCOC(=O)N(C)CCc1cccc(Br)c1. The van der Waals surface area contributed by atoms with Gasteiger partial charge in [-0.3, -0.25) is 0 Å². The highest BCUT2D eigenvalue weighted by Gasteiger charge is 2.08. The number of rotatable bonds is 5. The molecule has 94 valence electrons. The van der Waals surface area contributed by atoms with Crippen molar-refractivity contribution in [2.75, 3.05) is 20.2 Å². The molecule has 17 heavy (non-hydrogen) atoms. The topological polar surface area (TPSA) is 29.5 Å². The number of carbonyl (C=O) groups excluding carboxylic acids is 1. The average Bonchev–Trinajstić information content (AvgIpc) is 2.33. The van der Waals surface area contributed by atoms with Gasteiger partial charge in [0.05, 0.1) is 6.61 Å². The number of likely N-dealkylation sites (N-methyl/N-ethyl adjacent to an activating group) is 1. The molecule has 0 aliphatic carbocycles. The number of benzene rings is 1. The van der Waals surface area contributed by atoms with Crippen LogP contribution in [-0.4, -0.2) is 31.2 Å². The number of halogens is 1. The van der Waals surface area contributed by atoms with Gasteiger partial charge in [0.1, 0.15) is 0 Å². The minimum Gasteiger partial charge on any atom is -0.449 e. The number of nitrogens with zero attached hydrogens (tertiary/aromatic N) is 1. The van der Waals surface area contributed by atoms with Crippen LogP contribution in [0.1, 0.15) is 18.9 Å². The maximum Gasteiger partial charge on any atom is 0.409 e. The molecule has 0 saturated carbocycles. The van der Waals surface area contributed by atoms with Crippen molar-refractivity contribution in [2.24, 2.45) is 0 Å². The maximum atomic E-state index is 11.5. The lowest BCUT2D eigenvalue weighted by molar-refractivity contribution is 0.111. The Hall–Kier alpha value is -1.03. The zero-order valence-electron chi connectivity index (χ0n) is 10.3. The molecule has 0 heterocycles. The van der Waals surface area contributed by atoms with Gasteiger partial charge >= 0.3 is 6.09 Å². The molecule has 0 aromatic heterocycles. The van der Waals surface area contributed by atoms with E-state index in [4.69, 9.17) is 4.74 Å². The third-order valence-electron chi connectivity index (χ3n) is 2.37. The van der Waals surface area contributed by atoms with Gasteiger partial charge < -0.3 is 9.64 Å². The number of amides is 1. The minimum atomic E-state index is -0.248. The highest BCUT2D eigenvalue weighted by molar-refractivity contribution is 9.10. The first-order valence-corrected chi connectivity index (χ1v) is 6.55. The van der Waals surface area contributed by atoms with Gasteiger partial charge in [-0.2, -0.15) is 0 Å². The Labute approximate surface area is 111 Å². The molecule has 0 aliphatic heterocycles. The summed E-state index contributed by atoms with van der Waals surface area (Å²) in [6.07, 6.45) is 1.43. The normalized spacial score (nSPS) is 10.1. The predicted octanol–water partition coefficient (Wildman–Crippen LogP) is 3.47. The van der Waals surface area contributed by atoms with Gasteiger partial charge in [0.2, 0.25) is 0 Å². The van der Waals surface area contributed by atoms with Crippen LogP contribution in [0.5, 0.6) is 0 Å². The van der Waals surface area contributed by atoms with Crippen LogP contribution >= 0.6 is 15.9 Å². The molecule has 0 bridgehead atoms. The van der Waals surface area contributed by atoms with Crippen molar-refractivity contribution in [3.63, 3.8) is 0 Å². The van der Waals surface area contributed by atoms with Crippen LogP contribution in [0.2, 0.25) is 0 Å².